The molecule has 4 rings (SSSR count). The van der Waals surface area contributed by atoms with Gasteiger partial charge in [-0.3, -0.25) is 4.79 Å². The Morgan fingerprint density at radius 2 is 1.91 bits per heavy atom. The summed E-state index contributed by atoms with van der Waals surface area (Å²) in [6.07, 6.45) is 0. The van der Waals surface area contributed by atoms with Crippen LogP contribution in [0.2, 0.25) is 0 Å². The molecule has 1 aromatic carbocycles. The van der Waals surface area contributed by atoms with E-state index in [1.54, 1.807) is 16.6 Å². The van der Waals surface area contributed by atoms with E-state index < -0.39 is 0 Å². The second kappa shape index (κ2) is 9.03. The first-order valence-electron chi connectivity index (χ1n) is 10.2. The van der Waals surface area contributed by atoms with Crippen molar-refractivity contribution in [2.45, 2.75) is 39.4 Å². The number of aromatic nitrogens is 5. The number of carbonyl (C=O) groups excluding carboxylic acids is 1. The molecule has 0 radical (unpaired) electrons. The Labute approximate surface area is 194 Å². The Morgan fingerprint density at radius 1 is 1.18 bits per heavy atom. The zero-order valence-electron chi connectivity index (χ0n) is 18.7. The molecule has 0 saturated heterocycles. The number of halogens is 1. The van der Waals surface area contributed by atoms with Gasteiger partial charge in [0.25, 0.3) is 5.78 Å². The molecule has 1 N–H and O–H groups in total. The lowest BCUT2D eigenvalue weighted by molar-refractivity contribution is -0.113. The van der Waals surface area contributed by atoms with Gasteiger partial charge in [0.05, 0.1) is 11.3 Å². The van der Waals surface area contributed by atoms with E-state index in [1.165, 1.54) is 23.9 Å². The van der Waals surface area contributed by atoms with E-state index >= 15 is 0 Å². The maximum atomic E-state index is 13.3. The smallest absolute Gasteiger partial charge is 0.253 e. The van der Waals surface area contributed by atoms with Crippen LogP contribution in [0.1, 0.15) is 33.8 Å². The van der Waals surface area contributed by atoms with Crippen LogP contribution in [-0.4, -0.2) is 35.8 Å². The van der Waals surface area contributed by atoms with Gasteiger partial charge in [0.1, 0.15) is 17.7 Å². The predicted molar refractivity (Wildman–Crippen MR) is 124 cm³/mol. The molecule has 4 aromatic rings. The van der Waals surface area contributed by atoms with Crippen molar-refractivity contribution < 1.29 is 9.18 Å². The summed E-state index contributed by atoms with van der Waals surface area (Å²) >= 11 is 1.20. The molecule has 0 aliphatic heterocycles. The average Bonchev–Trinajstić information content (AvgIpc) is 3.28. The lowest BCUT2D eigenvalue weighted by Crippen LogP contribution is -2.18. The van der Waals surface area contributed by atoms with Crippen LogP contribution in [0.15, 0.2) is 35.5 Å². The third-order valence-corrected chi connectivity index (χ3v) is 6.22. The summed E-state index contributed by atoms with van der Waals surface area (Å²) in [4.78, 5) is 21.5. The monoisotopic (exact) mass is 463 g/mol. The van der Waals surface area contributed by atoms with Crippen molar-refractivity contribution >= 4 is 29.3 Å². The molecule has 10 heteroatoms. The molecule has 0 fully saturated rings. The van der Waals surface area contributed by atoms with Gasteiger partial charge in [-0.25, -0.2) is 13.9 Å². The maximum absolute atomic E-state index is 13.3. The lowest BCUT2D eigenvalue weighted by Gasteiger charge is -2.13. The molecular weight excluding hydrogens is 441 g/mol. The number of nitriles is 1. The van der Waals surface area contributed by atoms with Crippen molar-refractivity contribution in [2.75, 3.05) is 11.1 Å². The number of hydrogen-bond acceptors (Lipinski definition) is 6. The highest BCUT2D eigenvalue weighted by Gasteiger charge is 2.20. The van der Waals surface area contributed by atoms with E-state index in [4.69, 9.17) is 0 Å². The molecule has 0 saturated carbocycles. The predicted octanol–water partition coefficient (Wildman–Crippen LogP) is 3.95. The quantitative estimate of drug-likeness (QED) is 0.435. The zero-order valence-corrected chi connectivity index (χ0v) is 19.5. The summed E-state index contributed by atoms with van der Waals surface area (Å²) in [6, 6.07) is 10.2. The average molecular weight is 464 g/mol. The molecule has 0 unspecified atom stereocenters. The normalized spacial score (nSPS) is 11.0. The second-order valence-corrected chi connectivity index (χ2v) is 8.68. The number of hydrogen-bond donors (Lipinski definition) is 1. The SMILES string of the molecule is Cc1cc(C)n2nc(SCC(=O)Nc3c(C#N)c(C)c(C)n3Cc3ccc(F)cc3)nc2n1. The molecule has 8 nitrogen and oxygen atoms in total. The van der Waals surface area contributed by atoms with E-state index in [0.29, 0.717) is 28.9 Å². The summed E-state index contributed by atoms with van der Waals surface area (Å²) in [5, 5.41) is 17.4. The molecule has 168 valence electrons. The zero-order chi connectivity index (χ0) is 23.7. The number of fused-ring (bicyclic) bond motifs is 1. The first-order valence-corrected chi connectivity index (χ1v) is 11.2. The number of nitrogens with one attached hydrogen (secondary N) is 1. The first-order chi connectivity index (χ1) is 15.8. The minimum Gasteiger partial charge on any atom is -0.326 e. The van der Waals surface area contributed by atoms with Crippen LogP contribution >= 0.6 is 11.8 Å². The third kappa shape index (κ3) is 4.59. The summed E-state index contributed by atoms with van der Waals surface area (Å²) in [7, 11) is 0. The number of benzene rings is 1. The van der Waals surface area contributed by atoms with E-state index in [1.807, 2.05) is 38.3 Å². The highest BCUT2D eigenvalue weighted by atomic mass is 32.2. The molecule has 0 aliphatic carbocycles. The van der Waals surface area contributed by atoms with E-state index in [2.05, 4.69) is 26.5 Å². The third-order valence-electron chi connectivity index (χ3n) is 5.38. The van der Waals surface area contributed by atoms with Gasteiger partial charge in [-0.1, -0.05) is 23.9 Å². The molecule has 3 heterocycles. The second-order valence-electron chi connectivity index (χ2n) is 7.74. The van der Waals surface area contributed by atoms with Crippen LogP contribution in [-0.2, 0) is 11.3 Å². The van der Waals surface area contributed by atoms with Crippen molar-refractivity contribution in [1.82, 2.24) is 24.1 Å². The molecule has 3 aromatic heterocycles. The maximum Gasteiger partial charge on any atom is 0.253 e. The number of anilines is 1. The van der Waals surface area contributed by atoms with E-state index in [9.17, 15) is 14.4 Å². The van der Waals surface area contributed by atoms with Crippen LogP contribution in [0, 0.1) is 44.8 Å². The summed E-state index contributed by atoms with van der Waals surface area (Å²) < 4.78 is 16.8. The lowest BCUT2D eigenvalue weighted by atomic mass is 10.2. The minimum absolute atomic E-state index is 0.0691. The van der Waals surface area contributed by atoms with Gasteiger partial charge in [0, 0.05) is 23.6 Å². The van der Waals surface area contributed by atoms with Gasteiger partial charge in [-0.2, -0.15) is 10.2 Å². The number of carbonyl (C=O) groups is 1. The number of thioether (sulfide) groups is 1. The number of amides is 1. The standard InChI is InChI=1S/C23H22FN7OS/c1-13-9-14(2)31-22(26-13)28-23(29-31)33-12-20(32)27-21-19(10-25)15(3)16(4)30(21)11-17-5-7-18(24)8-6-17/h5-9H,11-12H2,1-4H3,(H,27,32). The Bertz CT molecular complexity index is 1400. The van der Waals surface area contributed by atoms with Gasteiger partial charge in [0.2, 0.25) is 11.1 Å². The summed E-state index contributed by atoms with van der Waals surface area (Å²) in [6.45, 7) is 7.94. The van der Waals surface area contributed by atoms with Gasteiger partial charge in [-0.05, 0) is 57.0 Å². The molecule has 0 bridgehead atoms. The molecule has 1 amide bonds. The Morgan fingerprint density at radius 3 is 2.61 bits per heavy atom. The Kier molecular flexibility index (Phi) is 6.16. The molecule has 0 aliphatic rings. The molecule has 0 atom stereocenters. The van der Waals surface area contributed by atoms with Crippen molar-refractivity contribution in [3.63, 3.8) is 0 Å². The van der Waals surface area contributed by atoms with Gasteiger partial charge in [0.15, 0.2) is 0 Å². The van der Waals surface area contributed by atoms with Crippen LogP contribution in [0.5, 0.6) is 0 Å². The Hall–Kier alpha value is -3.71. The van der Waals surface area contributed by atoms with Gasteiger partial charge in [-0.15, -0.1) is 5.10 Å². The van der Waals surface area contributed by atoms with Crippen LogP contribution < -0.4 is 5.32 Å². The molecule has 33 heavy (non-hydrogen) atoms. The molecular formula is C23H22FN7OS. The van der Waals surface area contributed by atoms with E-state index in [-0.39, 0.29) is 17.5 Å². The highest BCUT2D eigenvalue weighted by molar-refractivity contribution is 7.99. The van der Waals surface area contributed by atoms with Crippen molar-refractivity contribution in [3.05, 3.63) is 69.9 Å². The largest absolute Gasteiger partial charge is 0.326 e. The topological polar surface area (TPSA) is 101 Å². The van der Waals surface area contributed by atoms with E-state index in [0.717, 1.165) is 28.2 Å². The first kappa shape index (κ1) is 22.5. The van der Waals surface area contributed by atoms with Crippen molar-refractivity contribution in [2.24, 2.45) is 0 Å². The Balaban J connectivity index is 1.53. The fraction of sp³-hybridized carbons (Fsp3) is 0.261. The van der Waals surface area contributed by atoms with Crippen LogP contribution in [0.25, 0.3) is 5.78 Å². The molecule has 0 spiro atoms. The summed E-state index contributed by atoms with van der Waals surface area (Å²) in [5.74, 6) is 0.386. The van der Waals surface area contributed by atoms with Crippen LogP contribution in [0.4, 0.5) is 10.2 Å². The van der Waals surface area contributed by atoms with Gasteiger partial charge < -0.3 is 9.88 Å². The minimum atomic E-state index is -0.316. The number of rotatable bonds is 6. The van der Waals surface area contributed by atoms with Crippen LogP contribution in [0.3, 0.4) is 0 Å². The fourth-order valence-electron chi connectivity index (χ4n) is 3.61. The van der Waals surface area contributed by atoms with Crippen molar-refractivity contribution in [1.29, 1.82) is 5.26 Å². The number of aryl methyl sites for hydroxylation is 2. The fourth-order valence-corrected chi connectivity index (χ4v) is 4.23. The van der Waals surface area contributed by atoms with Gasteiger partial charge >= 0.3 is 0 Å². The van der Waals surface area contributed by atoms with Crippen molar-refractivity contribution in [3.8, 4) is 6.07 Å². The highest BCUT2D eigenvalue weighted by Crippen LogP contribution is 2.28. The number of nitrogens with zero attached hydrogens (tertiary/aromatic N) is 6. The summed E-state index contributed by atoms with van der Waals surface area (Å²) in [5.41, 5.74) is 4.67.